The molecule has 0 saturated heterocycles. The van der Waals surface area contributed by atoms with Crippen LogP contribution in [-0.4, -0.2) is 19.8 Å². The normalized spacial score (nSPS) is 17.1. The molecule has 13 heavy (non-hydrogen) atoms. The number of rotatable bonds is 5. The molecule has 0 heterocycles. The zero-order valence-electron chi connectivity index (χ0n) is 9.55. The maximum Gasteiger partial charge on any atom is 0.0465 e. The number of nitrogens with one attached hydrogen (secondary N) is 1. The number of hydrogen-bond donors (Lipinski definition) is 2. The molecule has 0 aliphatic rings. The summed E-state index contributed by atoms with van der Waals surface area (Å²) < 4.78 is 5.05. The van der Waals surface area contributed by atoms with Crippen molar-refractivity contribution >= 4 is 0 Å². The van der Waals surface area contributed by atoms with Crippen LogP contribution in [-0.2, 0) is 4.74 Å². The first-order chi connectivity index (χ1) is 5.93. The molecule has 0 amide bonds. The van der Waals surface area contributed by atoms with Gasteiger partial charge in [-0.2, -0.15) is 0 Å². The third-order valence-corrected chi connectivity index (χ3v) is 2.46. The number of nitrogens with two attached hydrogens (primary N) is 1. The highest BCUT2D eigenvalue weighted by molar-refractivity contribution is 4.82. The molecule has 0 radical (unpaired) electrons. The highest BCUT2D eigenvalue weighted by Crippen LogP contribution is 2.26. The summed E-state index contributed by atoms with van der Waals surface area (Å²) in [5, 5.41) is 0. The van der Waals surface area contributed by atoms with Gasteiger partial charge in [0.1, 0.15) is 0 Å². The van der Waals surface area contributed by atoms with Gasteiger partial charge in [-0.15, -0.1) is 0 Å². The molecule has 0 fully saturated rings. The molecule has 3 N–H and O–H groups in total. The standard InChI is InChI=1S/C10H24N2O/c1-8(6-7-13-5)9(12-11)10(2,3)4/h8-9,12H,6-7,11H2,1-5H3. The Morgan fingerprint density at radius 1 is 1.38 bits per heavy atom. The average molecular weight is 188 g/mol. The van der Waals surface area contributed by atoms with Crippen molar-refractivity contribution in [2.75, 3.05) is 13.7 Å². The lowest BCUT2D eigenvalue weighted by molar-refractivity contribution is 0.139. The van der Waals surface area contributed by atoms with Crippen molar-refractivity contribution in [2.24, 2.45) is 17.2 Å². The number of ether oxygens (including phenoxy) is 1. The fraction of sp³-hybridized carbons (Fsp3) is 1.00. The zero-order valence-corrected chi connectivity index (χ0v) is 9.55. The fourth-order valence-corrected chi connectivity index (χ4v) is 1.74. The van der Waals surface area contributed by atoms with Crippen molar-refractivity contribution in [3.8, 4) is 0 Å². The van der Waals surface area contributed by atoms with Gasteiger partial charge >= 0.3 is 0 Å². The Bertz CT molecular complexity index is 131. The summed E-state index contributed by atoms with van der Waals surface area (Å²) >= 11 is 0. The molecule has 0 aliphatic heterocycles. The molecule has 2 atom stereocenters. The molecule has 0 aromatic heterocycles. The van der Waals surface area contributed by atoms with Crippen LogP contribution >= 0.6 is 0 Å². The molecule has 0 spiro atoms. The average Bonchev–Trinajstić information content (AvgIpc) is 1.99. The molecular formula is C10H24N2O. The Labute approximate surface area is 82.0 Å². The summed E-state index contributed by atoms with van der Waals surface area (Å²) in [6.07, 6.45) is 1.04. The topological polar surface area (TPSA) is 47.3 Å². The monoisotopic (exact) mass is 188 g/mol. The molecule has 0 saturated carbocycles. The Morgan fingerprint density at radius 3 is 2.23 bits per heavy atom. The van der Waals surface area contributed by atoms with E-state index in [4.69, 9.17) is 10.6 Å². The van der Waals surface area contributed by atoms with E-state index >= 15 is 0 Å². The number of hydrogen-bond acceptors (Lipinski definition) is 3. The lowest BCUT2D eigenvalue weighted by Gasteiger charge is -2.34. The summed E-state index contributed by atoms with van der Waals surface area (Å²) in [5.74, 6) is 6.07. The highest BCUT2D eigenvalue weighted by atomic mass is 16.5. The first-order valence-corrected chi connectivity index (χ1v) is 4.88. The highest BCUT2D eigenvalue weighted by Gasteiger charge is 2.28. The fourth-order valence-electron chi connectivity index (χ4n) is 1.74. The van der Waals surface area contributed by atoms with Crippen LogP contribution in [0.1, 0.15) is 34.1 Å². The van der Waals surface area contributed by atoms with Crippen LogP contribution in [0.15, 0.2) is 0 Å². The van der Waals surface area contributed by atoms with E-state index < -0.39 is 0 Å². The number of hydrazine groups is 1. The predicted molar refractivity (Wildman–Crippen MR) is 56.2 cm³/mol. The first-order valence-electron chi connectivity index (χ1n) is 4.88. The van der Waals surface area contributed by atoms with Gasteiger partial charge in [-0.25, -0.2) is 0 Å². The zero-order chi connectivity index (χ0) is 10.5. The molecule has 0 bridgehead atoms. The second-order valence-corrected chi connectivity index (χ2v) is 4.77. The number of methoxy groups -OCH3 is 1. The van der Waals surface area contributed by atoms with Crippen LogP contribution < -0.4 is 11.3 Å². The van der Waals surface area contributed by atoms with Gasteiger partial charge in [-0.05, 0) is 17.8 Å². The Kier molecular flexibility index (Phi) is 5.53. The summed E-state index contributed by atoms with van der Waals surface area (Å²) in [4.78, 5) is 0. The van der Waals surface area contributed by atoms with Crippen molar-refractivity contribution in [1.82, 2.24) is 5.43 Å². The lowest BCUT2D eigenvalue weighted by Crippen LogP contribution is -2.48. The molecule has 80 valence electrons. The second kappa shape index (κ2) is 5.58. The van der Waals surface area contributed by atoms with Gasteiger partial charge in [0.05, 0.1) is 0 Å². The first kappa shape index (κ1) is 12.9. The van der Waals surface area contributed by atoms with Gasteiger partial charge in [0.2, 0.25) is 0 Å². The van der Waals surface area contributed by atoms with Crippen LogP contribution in [0, 0.1) is 11.3 Å². The molecule has 0 aliphatic carbocycles. The predicted octanol–water partition coefficient (Wildman–Crippen LogP) is 1.54. The molecule has 3 nitrogen and oxygen atoms in total. The van der Waals surface area contributed by atoms with Crippen LogP contribution in [0.2, 0.25) is 0 Å². The van der Waals surface area contributed by atoms with E-state index in [2.05, 4.69) is 33.1 Å². The van der Waals surface area contributed by atoms with E-state index in [1.165, 1.54) is 0 Å². The van der Waals surface area contributed by atoms with Crippen molar-refractivity contribution in [3.63, 3.8) is 0 Å². The van der Waals surface area contributed by atoms with Gasteiger partial charge in [0, 0.05) is 19.8 Å². The Balaban J connectivity index is 4.07. The van der Waals surface area contributed by atoms with E-state index in [9.17, 15) is 0 Å². The minimum atomic E-state index is 0.196. The maximum absolute atomic E-state index is 5.54. The second-order valence-electron chi connectivity index (χ2n) is 4.77. The molecular weight excluding hydrogens is 164 g/mol. The van der Waals surface area contributed by atoms with Crippen LogP contribution in [0.3, 0.4) is 0 Å². The van der Waals surface area contributed by atoms with E-state index in [0.29, 0.717) is 12.0 Å². The SMILES string of the molecule is COCCC(C)C(NN)C(C)(C)C. The van der Waals surface area contributed by atoms with E-state index in [0.717, 1.165) is 13.0 Å². The Morgan fingerprint density at radius 2 is 1.92 bits per heavy atom. The van der Waals surface area contributed by atoms with Gasteiger partial charge in [-0.3, -0.25) is 11.3 Å². The third-order valence-electron chi connectivity index (χ3n) is 2.46. The molecule has 2 unspecified atom stereocenters. The molecule has 0 aromatic rings. The van der Waals surface area contributed by atoms with E-state index in [1.54, 1.807) is 7.11 Å². The quantitative estimate of drug-likeness (QED) is 0.508. The summed E-state index contributed by atoms with van der Waals surface area (Å²) in [7, 11) is 1.73. The summed E-state index contributed by atoms with van der Waals surface area (Å²) in [5.41, 5.74) is 3.09. The van der Waals surface area contributed by atoms with Crippen LogP contribution in [0.5, 0.6) is 0 Å². The van der Waals surface area contributed by atoms with Gasteiger partial charge in [-0.1, -0.05) is 27.7 Å². The lowest BCUT2D eigenvalue weighted by atomic mass is 9.79. The minimum absolute atomic E-state index is 0.196. The largest absolute Gasteiger partial charge is 0.385 e. The van der Waals surface area contributed by atoms with Crippen LogP contribution in [0.4, 0.5) is 0 Å². The third kappa shape index (κ3) is 4.60. The van der Waals surface area contributed by atoms with Crippen molar-refractivity contribution < 1.29 is 4.74 Å². The van der Waals surface area contributed by atoms with Gasteiger partial charge in [0.25, 0.3) is 0 Å². The van der Waals surface area contributed by atoms with Crippen molar-refractivity contribution in [2.45, 2.75) is 40.2 Å². The van der Waals surface area contributed by atoms with E-state index in [1.807, 2.05) is 0 Å². The smallest absolute Gasteiger partial charge is 0.0465 e. The van der Waals surface area contributed by atoms with Crippen LogP contribution in [0.25, 0.3) is 0 Å². The van der Waals surface area contributed by atoms with Gasteiger partial charge < -0.3 is 4.74 Å². The summed E-state index contributed by atoms with van der Waals surface area (Å²) in [6.45, 7) is 9.59. The molecule has 3 heteroatoms. The maximum atomic E-state index is 5.54. The van der Waals surface area contributed by atoms with Crippen molar-refractivity contribution in [1.29, 1.82) is 0 Å². The van der Waals surface area contributed by atoms with E-state index in [-0.39, 0.29) is 5.41 Å². The minimum Gasteiger partial charge on any atom is -0.385 e. The summed E-state index contributed by atoms with van der Waals surface area (Å²) in [6, 6.07) is 0.336. The molecule has 0 rings (SSSR count). The molecule has 0 aromatic carbocycles. The van der Waals surface area contributed by atoms with Gasteiger partial charge in [0.15, 0.2) is 0 Å². The van der Waals surface area contributed by atoms with Crippen molar-refractivity contribution in [3.05, 3.63) is 0 Å². The Hall–Kier alpha value is -0.120.